The highest BCUT2D eigenvalue weighted by Crippen LogP contribution is 2.20. The molecule has 7 nitrogen and oxygen atoms in total. The number of methoxy groups -OCH3 is 1. The van der Waals surface area contributed by atoms with E-state index in [-0.39, 0.29) is 18.1 Å². The van der Waals surface area contributed by atoms with Crippen molar-refractivity contribution in [1.82, 2.24) is 15.1 Å². The molecule has 1 aromatic carbocycles. The van der Waals surface area contributed by atoms with E-state index in [4.69, 9.17) is 9.47 Å². The van der Waals surface area contributed by atoms with Gasteiger partial charge in [-0.2, -0.15) is 5.10 Å². The molecule has 110 valence electrons. The van der Waals surface area contributed by atoms with Gasteiger partial charge < -0.3 is 14.8 Å². The molecular formula is C14H15N3O4. The van der Waals surface area contributed by atoms with Crippen molar-refractivity contribution in [2.24, 2.45) is 0 Å². The minimum Gasteiger partial charge on any atom is -0.493 e. The van der Waals surface area contributed by atoms with E-state index in [1.54, 1.807) is 6.20 Å². The number of rotatable bonds is 5. The molecule has 0 saturated carbocycles. The summed E-state index contributed by atoms with van der Waals surface area (Å²) in [6.45, 7) is -0.364. The number of nitrogens with one attached hydrogen (secondary N) is 1. The summed E-state index contributed by atoms with van der Waals surface area (Å²) in [5.41, 5.74) is 0.798. The van der Waals surface area contributed by atoms with Crippen molar-refractivity contribution in [1.29, 1.82) is 0 Å². The van der Waals surface area contributed by atoms with Crippen molar-refractivity contribution in [3.8, 4) is 11.4 Å². The molecule has 0 unspecified atom stereocenters. The average molecular weight is 289 g/mol. The Balaban J connectivity index is 2.21. The summed E-state index contributed by atoms with van der Waals surface area (Å²) in [5.74, 6) is -0.837. The number of aromatic nitrogens is 2. The molecule has 0 aliphatic carbocycles. The number of para-hydroxylation sites is 1. The fraction of sp³-hybridized carbons (Fsp3) is 0.214. The first-order valence-corrected chi connectivity index (χ1v) is 6.22. The number of esters is 1. The molecule has 7 heteroatoms. The molecule has 0 saturated heterocycles. The van der Waals surface area contributed by atoms with Crippen molar-refractivity contribution in [2.45, 2.75) is 0 Å². The summed E-state index contributed by atoms with van der Waals surface area (Å²) in [4.78, 5) is 23.0. The Hall–Kier alpha value is -2.83. The van der Waals surface area contributed by atoms with Crippen molar-refractivity contribution < 1.29 is 19.1 Å². The standard InChI is InChI=1S/C14H15N3O4/c1-15-12(18)9-21-14(19)13-11(20-2)8-17(16-13)10-6-4-3-5-7-10/h3-8H,9H2,1-2H3,(H,15,18). The second kappa shape index (κ2) is 6.56. The van der Waals surface area contributed by atoms with Crippen LogP contribution in [0.4, 0.5) is 0 Å². The monoisotopic (exact) mass is 289 g/mol. The van der Waals surface area contributed by atoms with Crippen molar-refractivity contribution in [2.75, 3.05) is 20.8 Å². The van der Waals surface area contributed by atoms with Crippen LogP contribution in [0.3, 0.4) is 0 Å². The lowest BCUT2D eigenvalue weighted by Gasteiger charge is -2.02. The van der Waals surface area contributed by atoms with Gasteiger partial charge in [0.1, 0.15) is 0 Å². The van der Waals surface area contributed by atoms with Crippen LogP contribution in [0.25, 0.3) is 5.69 Å². The summed E-state index contributed by atoms with van der Waals surface area (Å²) < 4.78 is 11.5. The fourth-order valence-electron chi connectivity index (χ4n) is 1.63. The maximum atomic E-state index is 11.9. The predicted molar refractivity (Wildman–Crippen MR) is 74.5 cm³/mol. The number of carbonyl (C=O) groups is 2. The van der Waals surface area contributed by atoms with Crippen LogP contribution in [-0.4, -0.2) is 42.4 Å². The Morgan fingerprint density at radius 2 is 2.00 bits per heavy atom. The highest BCUT2D eigenvalue weighted by Gasteiger charge is 2.20. The van der Waals surface area contributed by atoms with Crippen LogP contribution < -0.4 is 10.1 Å². The molecular weight excluding hydrogens is 274 g/mol. The number of benzene rings is 1. The first-order valence-electron chi connectivity index (χ1n) is 6.22. The molecule has 0 aliphatic rings. The molecule has 2 aromatic rings. The molecule has 0 spiro atoms. The lowest BCUT2D eigenvalue weighted by molar-refractivity contribution is -0.123. The molecule has 0 radical (unpaired) electrons. The van der Waals surface area contributed by atoms with Gasteiger partial charge in [0.25, 0.3) is 5.91 Å². The van der Waals surface area contributed by atoms with E-state index in [1.807, 2.05) is 30.3 Å². The Bertz CT molecular complexity index is 637. The van der Waals surface area contributed by atoms with Crippen LogP contribution in [0, 0.1) is 0 Å². The zero-order chi connectivity index (χ0) is 15.2. The van der Waals surface area contributed by atoms with E-state index < -0.39 is 11.9 Å². The Kier molecular flexibility index (Phi) is 4.55. The van der Waals surface area contributed by atoms with E-state index in [0.717, 1.165) is 5.69 Å². The molecule has 1 heterocycles. The maximum absolute atomic E-state index is 11.9. The minimum atomic E-state index is -0.717. The predicted octanol–water partition coefficient (Wildman–Crippen LogP) is 0.784. The second-order valence-corrected chi connectivity index (χ2v) is 4.08. The highest BCUT2D eigenvalue weighted by atomic mass is 16.5. The zero-order valence-electron chi connectivity index (χ0n) is 11.7. The molecule has 21 heavy (non-hydrogen) atoms. The highest BCUT2D eigenvalue weighted by molar-refractivity contribution is 5.92. The van der Waals surface area contributed by atoms with Crippen molar-refractivity contribution in [3.63, 3.8) is 0 Å². The maximum Gasteiger partial charge on any atom is 0.363 e. The van der Waals surface area contributed by atoms with E-state index in [0.29, 0.717) is 0 Å². The van der Waals surface area contributed by atoms with Gasteiger partial charge in [0.15, 0.2) is 12.4 Å². The fourth-order valence-corrected chi connectivity index (χ4v) is 1.63. The summed E-state index contributed by atoms with van der Waals surface area (Å²) >= 11 is 0. The van der Waals surface area contributed by atoms with Gasteiger partial charge in [-0.15, -0.1) is 0 Å². The van der Waals surface area contributed by atoms with E-state index in [9.17, 15) is 9.59 Å². The molecule has 1 N–H and O–H groups in total. The molecule has 0 fully saturated rings. The summed E-state index contributed by atoms with van der Waals surface area (Å²) in [6, 6.07) is 9.26. The number of nitrogens with zero attached hydrogens (tertiary/aromatic N) is 2. The van der Waals surface area contributed by atoms with Gasteiger partial charge >= 0.3 is 5.97 Å². The molecule has 1 amide bonds. The minimum absolute atomic E-state index is 0.0188. The van der Waals surface area contributed by atoms with Gasteiger partial charge in [-0.25, -0.2) is 9.48 Å². The van der Waals surface area contributed by atoms with Gasteiger partial charge in [0.05, 0.1) is 19.0 Å². The van der Waals surface area contributed by atoms with Crippen LogP contribution in [0.2, 0.25) is 0 Å². The topological polar surface area (TPSA) is 82.5 Å². The largest absolute Gasteiger partial charge is 0.493 e. The van der Waals surface area contributed by atoms with Crippen LogP contribution in [0.15, 0.2) is 36.5 Å². The van der Waals surface area contributed by atoms with Crippen LogP contribution in [-0.2, 0) is 9.53 Å². The summed E-state index contributed by atoms with van der Waals surface area (Å²) in [5, 5.41) is 6.50. The zero-order valence-corrected chi connectivity index (χ0v) is 11.7. The van der Waals surface area contributed by atoms with Gasteiger partial charge in [-0.1, -0.05) is 18.2 Å². The van der Waals surface area contributed by atoms with E-state index in [1.165, 1.54) is 18.8 Å². The molecule has 0 bridgehead atoms. The Morgan fingerprint density at radius 1 is 1.29 bits per heavy atom. The summed E-state index contributed by atoms with van der Waals surface area (Å²) in [7, 11) is 2.89. The average Bonchev–Trinajstić information content (AvgIpc) is 2.97. The third kappa shape index (κ3) is 3.38. The quantitative estimate of drug-likeness (QED) is 0.823. The third-order valence-electron chi connectivity index (χ3n) is 2.73. The van der Waals surface area contributed by atoms with Crippen LogP contribution >= 0.6 is 0 Å². The molecule has 1 aromatic heterocycles. The number of hydrogen-bond acceptors (Lipinski definition) is 5. The lowest BCUT2D eigenvalue weighted by atomic mass is 10.3. The van der Waals surface area contributed by atoms with Gasteiger partial charge in [-0.05, 0) is 12.1 Å². The van der Waals surface area contributed by atoms with Crippen LogP contribution in [0.1, 0.15) is 10.5 Å². The van der Waals surface area contributed by atoms with Crippen LogP contribution in [0.5, 0.6) is 5.75 Å². The number of amides is 1. The molecule has 0 aliphatic heterocycles. The second-order valence-electron chi connectivity index (χ2n) is 4.08. The van der Waals surface area contributed by atoms with Gasteiger partial charge in [0.2, 0.25) is 5.69 Å². The van der Waals surface area contributed by atoms with Gasteiger partial charge in [-0.3, -0.25) is 4.79 Å². The molecule has 0 atom stereocenters. The summed E-state index contributed by atoms with van der Waals surface area (Å²) in [6.07, 6.45) is 1.58. The number of carbonyl (C=O) groups excluding carboxylic acids is 2. The lowest BCUT2D eigenvalue weighted by Crippen LogP contribution is -2.25. The van der Waals surface area contributed by atoms with Crippen molar-refractivity contribution >= 4 is 11.9 Å². The van der Waals surface area contributed by atoms with E-state index >= 15 is 0 Å². The SMILES string of the molecule is CNC(=O)COC(=O)c1nn(-c2ccccc2)cc1OC. The number of ether oxygens (including phenoxy) is 2. The third-order valence-corrected chi connectivity index (χ3v) is 2.73. The normalized spacial score (nSPS) is 10.0. The first-order chi connectivity index (χ1) is 10.2. The number of hydrogen-bond donors (Lipinski definition) is 1. The first kappa shape index (κ1) is 14.6. The smallest absolute Gasteiger partial charge is 0.363 e. The number of likely N-dealkylation sites (N-methyl/N-ethyl adjacent to an activating group) is 1. The van der Waals surface area contributed by atoms with Gasteiger partial charge in [0, 0.05) is 7.05 Å². The Labute approximate surface area is 121 Å². The molecule has 2 rings (SSSR count). The Morgan fingerprint density at radius 3 is 2.62 bits per heavy atom. The van der Waals surface area contributed by atoms with E-state index in [2.05, 4.69) is 10.4 Å². The van der Waals surface area contributed by atoms with Crippen molar-refractivity contribution in [3.05, 3.63) is 42.2 Å².